The Kier molecular flexibility index (Phi) is 13.0. The summed E-state index contributed by atoms with van der Waals surface area (Å²) in [6.45, 7) is 3.19. The minimum Gasteiger partial charge on any atom is -0.480 e. The van der Waals surface area contributed by atoms with Crippen LogP contribution in [0.4, 0.5) is 0 Å². The van der Waals surface area contributed by atoms with E-state index in [1.54, 1.807) is 13.8 Å². The minimum atomic E-state index is -1.29. The van der Waals surface area contributed by atoms with E-state index in [4.69, 9.17) is 22.9 Å². The average Bonchev–Trinajstić information content (AvgIpc) is 2.69. The van der Waals surface area contributed by atoms with Crippen molar-refractivity contribution in [2.45, 2.75) is 57.7 Å². The lowest BCUT2D eigenvalue weighted by Gasteiger charge is -2.21. The molecule has 0 spiro atoms. The molecule has 0 aromatic heterocycles. The van der Waals surface area contributed by atoms with Gasteiger partial charge in [-0.2, -0.15) is 0 Å². The van der Waals surface area contributed by atoms with E-state index in [-0.39, 0.29) is 44.1 Å². The smallest absolute Gasteiger partial charge is 0.326 e. The van der Waals surface area contributed by atoms with Crippen LogP contribution in [0.25, 0.3) is 0 Å². The van der Waals surface area contributed by atoms with Crippen molar-refractivity contribution in [2.75, 3.05) is 13.1 Å². The van der Waals surface area contributed by atoms with Crippen LogP contribution in [0.3, 0.4) is 0 Å². The summed E-state index contributed by atoms with van der Waals surface area (Å²) in [4.78, 5) is 62.9. The molecule has 0 fully saturated rings. The van der Waals surface area contributed by atoms with Crippen molar-refractivity contribution in [3.8, 4) is 0 Å². The third-order valence-corrected chi connectivity index (χ3v) is 4.34. The number of carbonyl (C=O) groups is 5. The quantitative estimate of drug-likeness (QED) is 0.0685. The second-order valence-corrected chi connectivity index (χ2v) is 7.46. The number of carboxylic acid groups (broad SMARTS) is 1. The molecule has 0 radical (unpaired) electrons. The van der Waals surface area contributed by atoms with Gasteiger partial charge in [0.05, 0.1) is 12.6 Å². The maximum absolute atomic E-state index is 12.6. The lowest BCUT2D eigenvalue weighted by Crippen LogP contribution is -2.54. The zero-order valence-corrected chi connectivity index (χ0v) is 18.3. The fraction of sp³-hybridized carbons (Fsp3) is 0.667. The Hall–Kier alpha value is -3.42. The van der Waals surface area contributed by atoms with Gasteiger partial charge in [0.2, 0.25) is 23.6 Å². The largest absolute Gasteiger partial charge is 0.480 e. The first-order valence-corrected chi connectivity index (χ1v) is 10.0. The van der Waals surface area contributed by atoms with E-state index in [9.17, 15) is 29.1 Å². The number of nitrogens with two attached hydrogens (primary N) is 4. The molecule has 3 unspecified atom stereocenters. The van der Waals surface area contributed by atoms with Crippen molar-refractivity contribution in [1.82, 2.24) is 16.0 Å². The lowest BCUT2D eigenvalue weighted by atomic mass is 10.1. The number of hydrogen-bond donors (Lipinski definition) is 8. The molecule has 12 N–H and O–H groups in total. The normalized spacial score (nSPS) is 13.4. The summed E-state index contributed by atoms with van der Waals surface area (Å²) in [6.07, 6.45) is -0.0923. The fourth-order valence-corrected chi connectivity index (χ4v) is 2.42. The maximum atomic E-state index is 12.6. The number of aliphatic imine (C=N–C) groups is 1. The monoisotopic (exact) mass is 458 g/mol. The van der Waals surface area contributed by atoms with Crippen LogP contribution in [0.2, 0.25) is 0 Å². The van der Waals surface area contributed by atoms with Gasteiger partial charge in [0.1, 0.15) is 12.1 Å². The van der Waals surface area contributed by atoms with Crippen molar-refractivity contribution in [1.29, 1.82) is 0 Å². The van der Waals surface area contributed by atoms with Crippen LogP contribution in [0, 0.1) is 5.92 Å². The zero-order valence-electron chi connectivity index (χ0n) is 18.3. The first-order chi connectivity index (χ1) is 14.8. The third kappa shape index (κ3) is 12.3. The van der Waals surface area contributed by atoms with Gasteiger partial charge in [0.25, 0.3) is 0 Å². The number of nitrogens with one attached hydrogen (secondary N) is 3. The molecule has 0 aliphatic heterocycles. The highest BCUT2D eigenvalue weighted by atomic mass is 16.4. The molecule has 0 aliphatic carbocycles. The number of hydrogen-bond acceptors (Lipinski definition) is 7. The van der Waals surface area contributed by atoms with Gasteiger partial charge in [-0.1, -0.05) is 13.8 Å². The fourth-order valence-electron chi connectivity index (χ4n) is 2.42. The predicted molar refractivity (Wildman–Crippen MR) is 116 cm³/mol. The van der Waals surface area contributed by atoms with E-state index in [1.807, 2.05) is 0 Å². The Morgan fingerprint density at radius 2 is 1.56 bits per heavy atom. The molecule has 32 heavy (non-hydrogen) atoms. The van der Waals surface area contributed by atoms with Gasteiger partial charge in [-0.05, 0) is 25.2 Å². The van der Waals surface area contributed by atoms with Gasteiger partial charge >= 0.3 is 5.97 Å². The molecule has 0 aromatic rings. The molecule has 0 aromatic carbocycles. The molecule has 0 saturated carbocycles. The number of aliphatic carboxylic acids is 1. The van der Waals surface area contributed by atoms with Gasteiger partial charge in [0.15, 0.2) is 5.96 Å². The SMILES string of the molecule is CC(C)C(N)C(=O)NCC(=O)NC(CCC(N)=O)C(=O)NC(CCCN=C(N)N)C(=O)O. The van der Waals surface area contributed by atoms with Gasteiger partial charge in [-0.3, -0.25) is 24.2 Å². The van der Waals surface area contributed by atoms with Gasteiger partial charge in [-0.25, -0.2) is 4.79 Å². The molecule has 14 heteroatoms. The second-order valence-electron chi connectivity index (χ2n) is 7.46. The zero-order chi connectivity index (χ0) is 24.8. The van der Waals surface area contributed by atoms with E-state index < -0.39 is 54.3 Å². The molecule has 0 heterocycles. The molecule has 0 bridgehead atoms. The van der Waals surface area contributed by atoms with E-state index in [1.165, 1.54) is 0 Å². The molecule has 0 aliphatic rings. The highest BCUT2D eigenvalue weighted by Gasteiger charge is 2.27. The minimum absolute atomic E-state index is 0.0253. The standard InChI is InChI=1S/C18H34N8O6/c1-9(2)14(20)16(30)24-8-13(28)25-10(5-6-12(19)27)15(29)26-11(17(31)32)4-3-7-23-18(21)22/h9-11,14H,3-8,20H2,1-2H3,(H2,19,27)(H,24,30)(H,25,28)(H,26,29)(H,31,32)(H4,21,22,23). The van der Waals surface area contributed by atoms with Crippen molar-refractivity contribution in [3.05, 3.63) is 0 Å². The number of rotatable bonds is 15. The Morgan fingerprint density at radius 3 is 2.06 bits per heavy atom. The van der Waals surface area contributed by atoms with Crippen molar-refractivity contribution in [3.63, 3.8) is 0 Å². The van der Waals surface area contributed by atoms with Crippen LogP contribution >= 0.6 is 0 Å². The summed E-state index contributed by atoms with van der Waals surface area (Å²) in [5.41, 5.74) is 21.2. The molecule has 0 saturated heterocycles. The number of primary amides is 1. The van der Waals surface area contributed by atoms with Gasteiger partial charge < -0.3 is 44.0 Å². The summed E-state index contributed by atoms with van der Waals surface area (Å²) >= 11 is 0. The summed E-state index contributed by atoms with van der Waals surface area (Å²) in [5.74, 6) is -4.38. The van der Waals surface area contributed by atoms with E-state index >= 15 is 0 Å². The Morgan fingerprint density at radius 1 is 0.938 bits per heavy atom. The highest BCUT2D eigenvalue weighted by Crippen LogP contribution is 2.03. The number of carbonyl (C=O) groups excluding carboxylic acids is 4. The van der Waals surface area contributed by atoms with Crippen molar-refractivity contribution in [2.24, 2.45) is 33.8 Å². The van der Waals surface area contributed by atoms with E-state index in [2.05, 4.69) is 20.9 Å². The van der Waals surface area contributed by atoms with Gasteiger partial charge in [0, 0.05) is 13.0 Å². The Labute approximate surface area is 185 Å². The van der Waals surface area contributed by atoms with E-state index in [0.717, 1.165) is 0 Å². The molecular weight excluding hydrogens is 424 g/mol. The highest BCUT2D eigenvalue weighted by molar-refractivity contribution is 5.92. The second kappa shape index (κ2) is 14.6. The number of amides is 4. The average molecular weight is 459 g/mol. The van der Waals surface area contributed by atoms with Crippen LogP contribution in [0.5, 0.6) is 0 Å². The molecule has 3 atom stereocenters. The van der Waals surface area contributed by atoms with Crippen molar-refractivity contribution >= 4 is 35.6 Å². The van der Waals surface area contributed by atoms with Crippen LogP contribution in [0.15, 0.2) is 4.99 Å². The summed E-state index contributed by atoms with van der Waals surface area (Å²) < 4.78 is 0. The molecule has 14 nitrogen and oxygen atoms in total. The number of guanidine groups is 1. The van der Waals surface area contributed by atoms with Crippen LogP contribution < -0.4 is 38.9 Å². The van der Waals surface area contributed by atoms with E-state index in [0.29, 0.717) is 0 Å². The number of nitrogens with zero attached hydrogens (tertiary/aromatic N) is 1. The van der Waals surface area contributed by atoms with Crippen LogP contribution in [0.1, 0.15) is 39.5 Å². The maximum Gasteiger partial charge on any atom is 0.326 e. The molecule has 182 valence electrons. The first kappa shape index (κ1) is 28.6. The predicted octanol–water partition coefficient (Wildman–Crippen LogP) is -3.54. The number of carboxylic acids is 1. The summed E-state index contributed by atoms with van der Waals surface area (Å²) in [5, 5.41) is 16.4. The van der Waals surface area contributed by atoms with Crippen LogP contribution in [-0.4, -0.2) is 71.9 Å². The first-order valence-electron chi connectivity index (χ1n) is 10.0. The lowest BCUT2D eigenvalue weighted by molar-refractivity contribution is -0.142. The summed E-state index contributed by atoms with van der Waals surface area (Å²) in [6, 6.07) is -3.33. The Balaban J connectivity index is 5.01. The third-order valence-electron chi connectivity index (χ3n) is 4.34. The molecule has 4 amide bonds. The topological polar surface area (TPSA) is 258 Å². The summed E-state index contributed by atoms with van der Waals surface area (Å²) in [7, 11) is 0. The van der Waals surface area contributed by atoms with Crippen molar-refractivity contribution < 1.29 is 29.1 Å². The van der Waals surface area contributed by atoms with Gasteiger partial charge in [-0.15, -0.1) is 0 Å². The molecule has 0 rings (SSSR count). The molecular formula is C18H34N8O6. The van der Waals surface area contributed by atoms with Crippen LogP contribution in [-0.2, 0) is 24.0 Å². The Bertz CT molecular complexity index is 708.